The first-order chi connectivity index (χ1) is 13.2. The fraction of sp³-hybridized carbons (Fsp3) is 0.450. The molecule has 3 amide bonds. The summed E-state index contributed by atoms with van der Waals surface area (Å²) in [5.74, 6) is 0.955. The summed E-state index contributed by atoms with van der Waals surface area (Å²) >= 11 is 0. The molecule has 7 nitrogen and oxygen atoms in total. The zero-order valence-electron chi connectivity index (χ0n) is 15.5. The van der Waals surface area contributed by atoms with E-state index in [4.69, 9.17) is 0 Å². The maximum atomic E-state index is 12.7. The molecular formula is C20H27N5O2. The van der Waals surface area contributed by atoms with Crippen molar-refractivity contribution < 1.29 is 9.59 Å². The lowest BCUT2D eigenvalue weighted by Crippen LogP contribution is -2.32. The number of carbonyl (C=O) groups excluding carboxylic acids is 2. The predicted molar refractivity (Wildman–Crippen MR) is 105 cm³/mol. The first kappa shape index (κ1) is 18.9. The number of carbonyl (C=O) groups is 2. The quantitative estimate of drug-likeness (QED) is 0.683. The van der Waals surface area contributed by atoms with Gasteiger partial charge in [-0.05, 0) is 37.5 Å². The molecule has 0 spiro atoms. The second-order valence-corrected chi connectivity index (χ2v) is 6.81. The lowest BCUT2D eigenvalue weighted by atomic mass is 10.1. The SMILES string of the molecule is O=C(NCCCc1ncc[nH]1)Nc1cccc(C(=O)N2CCCCCC2)c1. The number of amides is 3. The Balaban J connectivity index is 1.47. The fourth-order valence-corrected chi connectivity index (χ4v) is 3.25. The van der Waals surface area contributed by atoms with E-state index >= 15 is 0 Å². The van der Waals surface area contributed by atoms with E-state index in [0.29, 0.717) is 17.8 Å². The number of aromatic nitrogens is 2. The molecule has 0 saturated carbocycles. The molecule has 27 heavy (non-hydrogen) atoms. The standard InChI is InChI=1S/C20H27N5O2/c26-19(25-13-3-1-2-4-14-25)16-7-5-8-17(15-16)24-20(27)23-10-6-9-18-21-11-12-22-18/h5,7-8,11-12,15H,1-4,6,9-10,13-14H2,(H,21,22)(H2,23,24,27). The highest BCUT2D eigenvalue weighted by molar-refractivity contribution is 5.96. The van der Waals surface area contributed by atoms with Gasteiger partial charge in [0, 0.05) is 49.7 Å². The van der Waals surface area contributed by atoms with E-state index in [1.54, 1.807) is 36.7 Å². The highest BCUT2D eigenvalue weighted by Gasteiger charge is 2.17. The van der Waals surface area contributed by atoms with Crippen molar-refractivity contribution in [1.29, 1.82) is 0 Å². The molecule has 2 heterocycles. The third-order valence-corrected chi connectivity index (χ3v) is 4.69. The van der Waals surface area contributed by atoms with Gasteiger partial charge in [0.25, 0.3) is 5.91 Å². The minimum Gasteiger partial charge on any atom is -0.349 e. The van der Waals surface area contributed by atoms with Crippen molar-refractivity contribution in [1.82, 2.24) is 20.2 Å². The van der Waals surface area contributed by atoms with E-state index < -0.39 is 0 Å². The summed E-state index contributed by atoms with van der Waals surface area (Å²) in [4.78, 5) is 33.9. The summed E-state index contributed by atoms with van der Waals surface area (Å²) in [6, 6.07) is 6.88. The Morgan fingerprint density at radius 1 is 1.15 bits per heavy atom. The number of nitrogens with one attached hydrogen (secondary N) is 3. The van der Waals surface area contributed by atoms with Gasteiger partial charge in [-0.25, -0.2) is 9.78 Å². The van der Waals surface area contributed by atoms with Gasteiger partial charge in [-0.1, -0.05) is 18.9 Å². The van der Waals surface area contributed by atoms with Crippen molar-refractivity contribution in [2.45, 2.75) is 38.5 Å². The van der Waals surface area contributed by atoms with Crippen LogP contribution in [0.4, 0.5) is 10.5 Å². The average molecular weight is 369 g/mol. The van der Waals surface area contributed by atoms with Crippen LogP contribution in [0.1, 0.15) is 48.3 Å². The number of hydrogen-bond acceptors (Lipinski definition) is 3. The van der Waals surface area contributed by atoms with Gasteiger partial charge < -0.3 is 20.5 Å². The molecule has 3 N–H and O–H groups in total. The van der Waals surface area contributed by atoms with E-state index in [1.165, 1.54) is 12.8 Å². The Morgan fingerprint density at radius 2 is 1.96 bits per heavy atom. The largest absolute Gasteiger partial charge is 0.349 e. The van der Waals surface area contributed by atoms with Gasteiger partial charge in [-0.3, -0.25) is 4.79 Å². The zero-order chi connectivity index (χ0) is 18.9. The number of anilines is 1. The van der Waals surface area contributed by atoms with Gasteiger partial charge in [0.1, 0.15) is 5.82 Å². The average Bonchev–Trinajstić information content (AvgIpc) is 3.05. The molecule has 7 heteroatoms. The van der Waals surface area contributed by atoms with Crippen LogP contribution >= 0.6 is 0 Å². The maximum absolute atomic E-state index is 12.7. The highest BCUT2D eigenvalue weighted by atomic mass is 16.2. The summed E-state index contributed by atoms with van der Waals surface area (Å²) in [7, 11) is 0. The predicted octanol–water partition coefficient (Wildman–Crippen LogP) is 3.18. The van der Waals surface area contributed by atoms with Crippen LogP contribution in [0.2, 0.25) is 0 Å². The van der Waals surface area contributed by atoms with Crippen molar-refractivity contribution >= 4 is 17.6 Å². The van der Waals surface area contributed by atoms with Crippen LogP contribution in [-0.2, 0) is 6.42 Å². The van der Waals surface area contributed by atoms with E-state index in [2.05, 4.69) is 20.6 Å². The van der Waals surface area contributed by atoms with Crippen LogP contribution in [0, 0.1) is 0 Å². The van der Waals surface area contributed by atoms with Crippen molar-refractivity contribution in [3.05, 3.63) is 48.0 Å². The van der Waals surface area contributed by atoms with Gasteiger partial charge in [-0.2, -0.15) is 0 Å². The smallest absolute Gasteiger partial charge is 0.319 e. The number of benzene rings is 1. The number of urea groups is 1. The van der Waals surface area contributed by atoms with Crippen molar-refractivity contribution in [2.24, 2.45) is 0 Å². The minimum atomic E-state index is -0.270. The Kier molecular flexibility index (Phi) is 6.84. The molecule has 1 saturated heterocycles. The third-order valence-electron chi connectivity index (χ3n) is 4.69. The number of rotatable bonds is 6. The fourth-order valence-electron chi connectivity index (χ4n) is 3.25. The molecule has 1 aromatic carbocycles. The molecule has 0 bridgehead atoms. The minimum absolute atomic E-state index is 0.0411. The Labute approximate surface area is 159 Å². The molecule has 1 fully saturated rings. The summed E-state index contributed by atoms with van der Waals surface area (Å²) in [5, 5.41) is 5.63. The molecule has 0 atom stereocenters. The van der Waals surface area contributed by atoms with Gasteiger partial charge >= 0.3 is 6.03 Å². The summed E-state index contributed by atoms with van der Waals surface area (Å²) < 4.78 is 0. The molecule has 3 rings (SSSR count). The van der Waals surface area contributed by atoms with Crippen molar-refractivity contribution in [3.8, 4) is 0 Å². The van der Waals surface area contributed by atoms with E-state index in [9.17, 15) is 9.59 Å². The third kappa shape index (κ3) is 5.84. The van der Waals surface area contributed by atoms with Crippen LogP contribution in [-0.4, -0.2) is 46.4 Å². The number of likely N-dealkylation sites (tertiary alicyclic amines) is 1. The van der Waals surface area contributed by atoms with Crippen molar-refractivity contribution in [3.63, 3.8) is 0 Å². The number of hydrogen-bond donors (Lipinski definition) is 3. The van der Waals surface area contributed by atoms with Gasteiger partial charge in [0.15, 0.2) is 0 Å². The molecule has 0 radical (unpaired) electrons. The lowest BCUT2D eigenvalue weighted by molar-refractivity contribution is 0.0761. The highest BCUT2D eigenvalue weighted by Crippen LogP contribution is 2.16. The number of imidazole rings is 1. The second-order valence-electron chi connectivity index (χ2n) is 6.81. The van der Waals surface area contributed by atoms with Gasteiger partial charge in [0.2, 0.25) is 0 Å². The van der Waals surface area contributed by atoms with Gasteiger partial charge in [0.05, 0.1) is 0 Å². The number of nitrogens with zero attached hydrogens (tertiary/aromatic N) is 2. The van der Waals surface area contributed by atoms with E-state index in [-0.39, 0.29) is 11.9 Å². The molecule has 0 unspecified atom stereocenters. The van der Waals surface area contributed by atoms with Crippen LogP contribution in [0.25, 0.3) is 0 Å². The Hall–Kier alpha value is -2.83. The number of H-pyrrole nitrogens is 1. The van der Waals surface area contributed by atoms with Gasteiger partial charge in [-0.15, -0.1) is 0 Å². The van der Waals surface area contributed by atoms with Crippen LogP contribution < -0.4 is 10.6 Å². The second kappa shape index (κ2) is 9.75. The molecule has 0 aliphatic carbocycles. The molecular weight excluding hydrogens is 342 g/mol. The van der Waals surface area contributed by atoms with Crippen LogP contribution in [0.3, 0.4) is 0 Å². The monoisotopic (exact) mass is 369 g/mol. The lowest BCUT2D eigenvalue weighted by Gasteiger charge is -2.20. The Bertz CT molecular complexity index is 737. The molecule has 2 aromatic rings. The first-order valence-electron chi connectivity index (χ1n) is 9.65. The Morgan fingerprint density at radius 3 is 2.70 bits per heavy atom. The summed E-state index contributed by atoms with van der Waals surface area (Å²) in [5.41, 5.74) is 1.24. The number of aryl methyl sites for hydroxylation is 1. The topological polar surface area (TPSA) is 90.1 Å². The molecule has 144 valence electrons. The normalized spacial score (nSPS) is 14.4. The molecule has 1 aliphatic heterocycles. The molecule has 1 aliphatic rings. The molecule has 1 aromatic heterocycles. The number of aromatic amines is 1. The summed E-state index contributed by atoms with van der Waals surface area (Å²) in [6.07, 6.45) is 9.58. The first-order valence-corrected chi connectivity index (χ1v) is 9.65. The van der Waals surface area contributed by atoms with Crippen molar-refractivity contribution in [2.75, 3.05) is 25.0 Å². The maximum Gasteiger partial charge on any atom is 0.319 e. The zero-order valence-corrected chi connectivity index (χ0v) is 15.5. The van der Waals surface area contributed by atoms with E-state index in [1.807, 2.05) is 4.90 Å². The summed E-state index contributed by atoms with van der Waals surface area (Å²) in [6.45, 7) is 2.18. The van der Waals surface area contributed by atoms with E-state index in [0.717, 1.165) is 44.6 Å². The van der Waals surface area contributed by atoms with Crippen LogP contribution in [0.15, 0.2) is 36.7 Å². The van der Waals surface area contributed by atoms with Crippen LogP contribution in [0.5, 0.6) is 0 Å².